The third-order valence-electron chi connectivity index (χ3n) is 4.63. The number of hydrogen-bond acceptors (Lipinski definition) is 5. The molecule has 0 aliphatic rings. The van der Waals surface area contributed by atoms with E-state index in [1.54, 1.807) is 43.5 Å². The summed E-state index contributed by atoms with van der Waals surface area (Å²) in [6.07, 6.45) is 0. The van der Waals surface area contributed by atoms with Crippen molar-refractivity contribution in [2.75, 3.05) is 7.11 Å². The molecule has 0 unspecified atom stereocenters. The lowest BCUT2D eigenvalue weighted by atomic mass is 10.1. The highest BCUT2D eigenvalue weighted by molar-refractivity contribution is 5.93. The molecule has 0 amide bonds. The van der Waals surface area contributed by atoms with E-state index in [-0.39, 0.29) is 17.1 Å². The molecule has 4 aromatic rings. The average molecular weight is 404 g/mol. The number of halogens is 1. The van der Waals surface area contributed by atoms with E-state index >= 15 is 0 Å². The molecule has 0 aliphatic heterocycles. The van der Waals surface area contributed by atoms with Crippen LogP contribution in [0.25, 0.3) is 22.3 Å². The lowest BCUT2D eigenvalue weighted by molar-refractivity contribution is 0.0731. The Morgan fingerprint density at radius 1 is 0.967 bits per heavy atom. The van der Waals surface area contributed by atoms with Crippen molar-refractivity contribution in [3.8, 4) is 22.8 Å². The molecule has 0 fully saturated rings. The Balaban J connectivity index is 1.88. The molecular formula is C24H17FO5. The molecular weight excluding hydrogens is 387 g/mol. The van der Waals surface area contributed by atoms with E-state index in [9.17, 15) is 14.0 Å². The number of rotatable bonds is 4. The first-order valence-electron chi connectivity index (χ1n) is 9.16. The lowest BCUT2D eigenvalue weighted by Crippen LogP contribution is -2.16. The molecule has 0 saturated heterocycles. The monoisotopic (exact) mass is 404 g/mol. The Hall–Kier alpha value is -3.93. The van der Waals surface area contributed by atoms with E-state index in [1.807, 2.05) is 13.0 Å². The summed E-state index contributed by atoms with van der Waals surface area (Å²) < 4.78 is 29.8. The molecule has 1 aromatic heterocycles. The second-order valence-electron chi connectivity index (χ2n) is 6.71. The van der Waals surface area contributed by atoms with Gasteiger partial charge in [-0.2, -0.15) is 0 Å². The van der Waals surface area contributed by atoms with Crippen LogP contribution in [0.3, 0.4) is 0 Å². The third-order valence-corrected chi connectivity index (χ3v) is 4.63. The molecule has 1 heterocycles. The largest absolute Gasteiger partial charge is 0.497 e. The lowest BCUT2D eigenvalue weighted by Gasteiger charge is -2.11. The topological polar surface area (TPSA) is 65.7 Å². The maximum Gasteiger partial charge on any atom is 0.343 e. The van der Waals surface area contributed by atoms with Crippen molar-refractivity contribution < 1.29 is 23.1 Å². The first-order chi connectivity index (χ1) is 14.5. The number of fused-ring (bicyclic) bond motifs is 1. The van der Waals surface area contributed by atoms with Crippen molar-refractivity contribution in [3.63, 3.8) is 0 Å². The first kappa shape index (κ1) is 19.4. The molecule has 6 heteroatoms. The highest BCUT2D eigenvalue weighted by Crippen LogP contribution is 2.32. The SMILES string of the molecule is COc1ccc(-c2oc3ccc(C)cc3c(=O)c2OC(=O)c2ccc(F)cc2)cc1. The van der Waals surface area contributed by atoms with E-state index in [0.29, 0.717) is 22.3 Å². The molecule has 5 nitrogen and oxygen atoms in total. The van der Waals surface area contributed by atoms with Gasteiger partial charge in [0.05, 0.1) is 18.1 Å². The minimum absolute atomic E-state index is 0.112. The van der Waals surface area contributed by atoms with Crippen molar-refractivity contribution >= 4 is 16.9 Å². The number of hydrogen-bond donors (Lipinski definition) is 0. The average Bonchev–Trinajstić information content (AvgIpc) is 2.76. The Kier molecular flexibility index (Phi) is 5.06. The Labute approximate surface area is 171 Å². The second-order valence-corrected chi connectivity index (χ2v) is 6.71. The highest BCUT2D eigenvalue weighted by atomic mass is 19.1. The summed E-state index contributed by atoms with van der Waals surface area (Å²) in [6, 6.07) is 16.9. The minimum Gasteiger partial charge on any atom is -0.497 e. The molecule has 3 aromatic carbocycles. The zero-order valence-electron chi connectivity index (χ0n) is 16.3. The van der Waals surface area contributed by atoms with Gasteiger partial charge < -0.3 is 13.9 Å². The van der Waals surface area contributed by atoms with Gasteiger partial charge in [0, 0.05) is 5.56 Å². The van der Waals surface area contributed by atoms with Crippen molar-refractivity contribution in [1.82, 2.24) is 0 Å². The van der Waals surface area contributed by atoms with Crippen LogP contribution in [0.1, 0.15) is 15.9 Å². The van der Waals surface area contributed by atoms with Gasteiger partial charge in [-0.15, -0.1) is 0 Å². The fourth-order valence-electron chi connectivity index (χ4n) is 3.05. The van der Waals surface area contributed by atoms with Crippen LogP contribution in [-0.2, 0) is 0 Å². The predicted molar refractivity (Wildman–Crippen MR) is 111 cm³/mol. The summed E-state index contributed by atoms with van der Waals surface area (Å²) in [6.45, 7) is 1.85. The van der Waals surface area contributed by atoms with Gasteiger partial charge in [0.25, 0.3) is 0 Å². The van der Waals surface area contributed by atoms with Gasteiger partial charge in [-0.1, -0.05) is 11.6 Å². The van der Waals surface area contributed by atoms with Gasteiger partial charge in [-0.25, -0.2) is 9.18 Å². The molecule has 30 heavy (non-hydrogen) atoms. The number of carbonyl (C=O) groups excluding carboxylic acids is 1. The Morgan fingerprint density at radius 2 is 1.67 bits per heavy atom. The standard InChI is InChI=1S/C24H17FO5/c1-14-3-12-20-19(13-14)21(26)23(30-24(27)16-4-8-17(25)9-5-16)22(29-20)15-6-10-18(28-2)11-7-15/h3-13H,1-2H3. The molecule has 0 N–H and O–H groups in total. The quantitative estimate of drug-likeness (QED) is 0.441. The van der Waals surface area contributed by atoms with Gasteiger partial charge in [0.1, 0.15) is 17.1 Å². The Bertz CT molecular complexity index is 1290. The predicted octanol–water partition coefficient (Wildman–Crippen LogP) is 5.14. The number of ether oxygens (including phenoxy) is 2. The van der Waals surface area contributed by atoms with E-state index in [2.05, 4.69) is 0 Å². The normalized spacial score (nSPS) is 10.8. The van der Waals surface area contributed by atoms with Crippen LogP contribution in [0.4, 0.5) is 4.39 Å². The van der Waals surface area contributed by atoms with E-state index in [0.717, 1.165) is 17.7 Å². The molecule has 0 radical (unpaired) electrons. The summed E-state index contributed by atoms with van der Waals surface area (Å²) in [4.78, 5) is 25.8. The molecule has 0 atom stereocenters. The van der Waals surface area contributed by atoms with Crippen LogP contribution in [0, 0.1) is 12.7 Å². The molecule has 0 spiro atoms. The van der Waals surface area contributed by atoms with Crippen LogP contribution >= 0.6 is 0 Å². The number of methoxy groups -OCH3 is 1. The van der Waals surface area contributed by atoms with Crippen LogP contribution in [0.2, 0.25) is 0 Å². The number of aryl methyl sites for hydroxylation is 1. The van der Waals surface area contributed by atoms with Crippen LogP contribution < -0.4 is 14.9 Å². The summed E-state index contributed by atoms with van der Waals surface area (Å²) >= 11 is 0. The molecule has 0 bridgehead atoms. The van der Waals surface area contributed by atoms with Crippen molar-refractivity contribution in [2.45, 2.75) is 6.92 Å². The first-order valence-corrected chi connectivity index (χ1v) is 9.16. The molecule has 150 valence electrons. The van der Waals surface area contributed by atoms with E-state index in [1.165, 1.54) is 12.1 Å². The van der Waals surface area contributed by atoms with Crippen LogP contribution in [-0.4, -0.2) is 13.1 Å². The molecule has 0 saturated carbocycles. The zero-order valence-corrected chi connectivity index (χ0v) is 16.3. The van der Waals surface area contributed by atoms with Gasteiger partial charge >= 0.3 is 5.97 Å². The van der Waals surface area contributed by atoms with Crippen molar-refractivity contribution in [3.05, 3.63) is 93.9 Å². The zero-order chi connectivity index (χ0) is 21.3. The van der Waals surface area contributed by atoms with Crippen LogP contribution in [0.5, 0.6) is 11.5 Å². The third kappa shape index (κ3) is 3.67. The Morgan fingerprint density at radius 3 is 2.33 bits per heavy atom. The van der Waals surface area contributed by atoms with Gasteiger partial charge in [-0.3, -0.25) is 4.79 Å². The summed E-state index contributed by atoms with van der Waals surface area (Å²) in [5.74, 6) is -0.750. The maximum atomic E-state index is 13.2. The summed E-state index contributed by atoms with van der Waals surface area (Å²) in [7, 11) is 1.55. The fourth-order valence-corrected chi connectivity index (χ4v) is 3.05. The fraction of sp³-hybridized carbons (Fsp3) is 0.0833. The maximum absolute atomic E-state index is 13.2. The van der Waals surface area contributed by atoms with Crippen molar-refractivity contribution in [1.29, 1.82) is 0 Å². The summed E-state index contributed by atoms with van der Waals surface area (Å²) in [5.41, 5.74) is 1.42. The number of esters is 1. The van der Waals surface area contributed by atoms with Crippen molar-refractivity contribution in [2.24, 2.45) is 0 Å². The van der Waals surface area contributed by atoms with Gasteiger partial charge in [-0.05, 0) is 67.6 Å². The number of benzene rings is 3. The van der Waals surface area contributed by atoms with Gasteiger partial charge in [0.2, 0.25) is 11.2 Å². The highest BCUT2D eigenvalue weighted by Gasteiger charge is 2.21. The summed E-state index contributed by atoms with van der Waals surface area (Å²) in [5, 5.41) is 0.300. The smallest absolute Gasteiger partial charge is 0.343 e. The second kappa shape index (κ2) is 7.83. The number of carbonyl (C=O) groups is 1. The van der Waals surface area contributed by atoms with Gasteiger partial charge in [0.15, 0.2) is 5.76 Å². The molecule has 4 rings (SSSR count). The minimum atomic E-state index is -0.788. The molecule has 0 aliphatic carbocycles. The van der Waals surface area contributed by atoms with Crippen LogP contribution in [0.15, 0.2) is 75.9 Å². The van der Waals surface area contributed by atoms with E-state index in [4.69, 9.17) is 13.9 Å². The van der Waals surface area contributed by atoms with E-state index < -0.39 is 17.2 Å².